The molecule has 1 aliphatic rings. The predicted octanol–water partition coefficient (Wildman–Crippen LogP) is 1.65. The summed E-state index contributed by atoms with van der Waals surface area (Å²) >= 11 is 1.33. The Bertz CT molecular complexity index is 865. The standard InChI is InChI=1S/C13H11N2O6PS/c16-13(17)11-6-23-12(15-11)10-3-1-7-5-8(21-22(18,19)20)2-4-9(7)14-10/h1-5,11H,6H2,(H,16,17)(H2,18,19,20). The highest BCUT2D eigenvalue weighted by Gasteiger charge is 2.25. The van der Waals surface area contributed by atoms with Gasteiger partial charge in [0.05, 0.1) is 11.2 Å². The first-order valence-corrected chi connectivity index (χ1v) is 8.93. The van der Waals surface area contributed by atoms with Crippen LogP contribution in [0.1, 0.15) is 5.69 Å². The molecule has 0 spiro atoms. The molecule has 0 saturated carbocycles. The van der Waals surface area contributed by atoms with Gasteiger partial charge in [0.2, 0.25) is 0 Å². The van der Waals surface area contributed by atoms with Crippen LogP contribution in [0.3, 0.4) is 0 Å². The van der Waals surface area contributed by atoms with E-state index in [1.807, 2.05) is 0 Å². The minimum atomic E-state index is -4.61. The lowest BCUT2D eigenvalue weighted by molar-refractivity contribution is -0.137. The average molecular weight is 354 g/mol. The second-order valence-electron chi connectivity index (χ2n) is 4.73. The summed E-state index contributed by atoms with van der Waals surface area (Å²) in [5.74, 6) is -0.550. The van der Waals surface area contributed by atoms with Gasteiger partial charge in [-0.25, -0.2) is 14.3 Å². The molecule has 0 radical (unpaired) electrons. The third kappa shape index (κ3) is 3.70. The highest BCUT2D eigenvalue weighted by atomic mass is 32.2. The molecule has 2 heterocycles. The lowest BCUT2D eigenvalue weighted by Crippen LogP contribution is -2.17. The number of phosphoric ester groups is 1. The third-order valence-electron chi connectivity index (χ3n) is 3.04. The van der Waals surface area contributed by atoms with Crippen LogP contribution in [-0.4, -0.2) is 42.7 Å². The Labute approximate surface area is 134 Å². The Kier molecular flexibility index (Phi) is 4.11. The molecule has 0 aliphatic carbocycles. The van der Waals surface area contributed by atoms with Gasteiger partial charge >= 0.3 is 13.8 Å². The van der Waals surface area contributed by atoms with Gasteiger partial charge < -0.3 is 9.63 Å². The molecule has 0 bridgehead atoms. The maximum absolute atomic E-state index is 10.9. The van der Waals surface area contributed by atoms with Gasteiger partial charge in [-0.2, -0.15) is 0 Å². The van der Waals surface area contributed by atoms with Crippen LogP contribution >= 0.6 is 19.6 Å². The monoisotopic (exact) mass is 354 g/mol. The normalized spacial score (nSPS) is 18.0. The van der Waals surface area contributed by atoms with Crippen molar-refractivity contribution in [1.82, 2.24) is 4.98 Å². The van der Waals surface area contributed by atoms with E-state index < -0.39 is 19.8 Å². The highest BCUT2D eigenvalue weighted by molar-refractivity contribution is 8.14. The number of carboxylic acids is 1. The molecular weight excluding hydrogens is 343 g/mol. The topological polar surface area (TPSA) is 129 Å². The van der Waals surface area contributed by atoms with Crippen molar-refractivity contribution >= 4 is 41.5 Å². The van der Waals surface area contributed by atoms with Crippen LogP contribution in [0, 0.1) is 0 Å². The number of nitrogens with zero attached hydrogens (tertiary/aromatic N) is 2. The molecule has 3 rings (SSSR count). The number of pyridine rings is 1. The minimum absolute atomic E-state index is 0.0407. The van der Waals surface area contributed by atoms with Crippen molar-refractivity contribution in [2.75, 3.05) is 5.75 Å². The van der Waals surface area contributed by atoms with Gasteiger partial charge in [0, 0.05) is 11.1 Å². The van der Waals surface area contributed by atoms with Gasteiger partial charge in [0.15, 0.2) is 6.04 Å². The number of hydrogen-bond acceptors (Lipinski definition) is 6. The molecular formula is C13H11N2O6PS. The van der Waals surface area contributed by atoms with Crippen molar-refractivity contribution in [3.05, 3.63) is 36.0 Å². The number of fused-ring (bicyclic) bond motifs is 1. The molecule has 0 saturated heterocycles. The largest absolute Gasteiger partial charge is 0.524 e. The van der Waals surface area contributed by atoms with Crippen LogP contribution in [0.2, 0.25) is 0 Å². The summed E-state index contributed by atoms with van der Waals surface area (Å²) in [5.41, 5.74) is 1.15. The Morgan fingerprint density at radius 3 is 2.74 bits per heavy atom. The lowest BCUT2D eigenvalue weighted by Gasteiger charge is -2.08. The molecule has 8 nitrogen and oxygen atoms in total. The average Bonchev–Trinajstić information content (AvgIpc) is 2.95. The van der Waals surface area contributed by atoms with Crippen LogP contribution in [-0.2, 0) is 9.36 Å². The van der Waals surface area contributed by atoms with Crippen LogP contribution in [0.5, 0.6) is 5.75 Å². The van der Waals surface area contributed by atoms with E-state index in [9.17, 15) is 9.36 Å². The van der Waals surface area contributed by atoms with Crippen molar-refractivity contribution in [1.29, 1.82) is 0 Å². The molecule has 1 unspecified atom stereocenters. The van der Waals surface area contributed by atoms with Crippen molar-refractivity contribution < 1.29 is 28.8 Å². The van der Waals surface area contributed by atoms with Gasteiger partial charge in [-0.1, -0.05) is 6.07 Å². The predicted molar refractivity (Wildman–Crippen MR) is 84.8 cm³/mol. The zero-order chi connectivity index (χ0) is 16.6. The fourth-order valence-corrected chi connectivity index (χ4v) is 3.44. The first kappa shape index (κ1) is 15.9. The molecule has 23 heavy (non-hydrogen) atoms. The summed E-state index contributed by atoms with van der Waals surface area (Å²) in [4.78, 5) is 37.1. The number of aromatic nitrogens is 1. The Morgan fingerprint density at radius 2 is 2.09 bits per heavy atom. The molecule has 10 heteroatoms. The first-order chi connectivity index (χ1) is 10.8. The van der Waals surface area contributed by atoms with Crippen molar-refractivity contribution in [2.45, 2.75) is 6.04 Å². The summed E-state index contributed by atoms with van der Waals surface area (Å²) in [6.07, 6.45) is 0. The molecule has 1 aliphatic heterocycles. The molecule has 1 aromatic heterocycles. The maximum atomic E-state index is 10.9. The lowest BCUT2D eigenvalue weighted by atomic mass is 10.2. The number of thioether (sulfide) groups is 1. The van der Waals surface area contributed by atoms with E-state index in [4.69, 9.17) is 14.9 Å². The van der Waals surface area contributed by atoms with E-state index in [2.05, 4.69) is 14.5 Å². The van der Waals surface area contributed by atoms with Crippen LogP contribution in [0.25, 0.3) is 10.9 Å². The summed E-state index contributed by atoms with van der Waals surface area (Å²) in [7, 11) is -4.61. The number of benzene rings is 1. The summed E-state index contributed by atoms with van der Waals surface area (Å²) < 4.78 is 15.4. The van der Waals surface area contributed by atoms with Crippen molar-refractivity contribution in [3.8, 4) is 5.75 Å². The van der Waals surface area contributed by atoms with Crippen LogP contribution in [0.15, 0.2) is 35.3 Å². The zero-order valence-corrected chi connectivity index (χ0v) is 13.2. The second-order valence-corrected chi connectivity index (χ2v) is 6.90. The zero-order valence-electron chi connectivity index (χ0n) is 11.5. The van der Waals surface area contributed by atoms with Crippen molar-refractivity contribution in [3.63, 3.8) is 0 Å². The number of aliphatic imine (C=N–C) groups is 1. The number of carbonyl (C=O) groups is 1. The Morgan fingerprint density at radius 1 is 1.30 bits per heavy atom. The van der Waals surface area contributed by atoms with E-state index in [0.29, 0.717) is 27.4 Å². The van der Waals surface area contributed by atoms with Gasteiger partial charge in [0.1, 0.15) is 10.8 Å². The van der Waals surface area contributed by atoms with E-state index in [-0.39, 0.29) is 5.75 Å². The van der Waals surface area contributed by atoms with Crippen molar-refractivity contribution in [2.24, 2.45) is 4.99 Å². The van der Waals surface area contributed by atoms with Crippen LogP contribution < -0.4 is 4.52 Å². The smallest absolute Gasteiger partial charge is 0.480 e. The summed E-state index contributed by atoms with van der Waals surface area (Å²) in [6.45, 7) is 0. The third-order valence-corrected chi connectivity index (χ3v) is 4.56. The fraction of sp³-hybridized carbons (Fsp3) is 0.154. The maximum Gasteiger partial charge on any atom is 0.524 e. The molecule has 0 amide bonds. The number of rotatable bonds is 4. The second kappa shape index (κ2) is 5.93. The fourth-order valence-electron chi connectivity index (χ4n) is 2.06. The first-order valence-electron chi connectivity index (χ1n) is 6.41. The molecule has 0 fully saturated rings. The van der Waals surface area contributed by atoms with Gasteiger partial charge in [0.25, 0.3) is 0 Å². The van der Waals surface area contributed by atoms with Gasteiger partial charge in [-0.15, -0.1) is 11.8 Å². The van der Waals surface area contributed by atoms with Crippen LogP contribution in [0.4, 0.5) is 0 Å². The Balaban J connectivity index is 1.92. The summed E-state index contributed by atoms with van der Waals surface area (Å²) in [5, 5.41) is 10.2. The SMILES string of the molecule is O=C(O)C1CSC(c2ccc3cc(OP(=O)(O)O)ccc3n2)=N1. The van der Waals surface area contributed by atoms with E-state index in [0.717, 1.165) is 0 Å². The number of phosphoric acid groups is 1. The molecule has 3 N–H and O–H groups in total. The number of hydrogen-bond donors (Lipinski definition) is 3. The van der Waals surface area contributed by atoms with Gasteiger partial charge in [-0.05, 0) is 24.3 Å². The molecule has 120 valence electrons. The summed E-state index contributed by atoms with van der Waals surface area (Å²) in [6, 6.07) is 7.07. The van der Waals surface area contributed by atoms with Gasteiger partial charge in [-0.3, -0.25) is 14.8 Å². The number of carboxylic acid groups (broad SMARTS) is 1. The van der Waals surface area contributed by atoms with E-state index in [1.165, 1.54) is 23.9 Å². The van der Waals surface area contributed by atoms with E-state index in [1.54, 1.807) is 18.2 Å². The number of aliphatic carboxylic acids is 1. The minimum Gasteiger partial charge on any atom is -0.480 e. The quantitative estimate of drug-likeness (QED) is 0.707. The molecule has 1 atom stereocenters. The highest BCUT2D eigenvalue weighted by Crippen LogP contribution is 2.38. The Hall–Kier alpha value is -1.93. The molecule has 2 aromatic rings. The van der Waals surface area contributed by atoms with E-state index >= 15 is 0 Å². The molecule has 1 aromatic carbocycles.